The number of rotatable bonds is 3. The van der Waals surface area contributed by atoms with Crippen molar-refractivity contribution >= 4 is 11.9 Å². The fraction of sp³-hybridized carbons (Fsp3) is 0.429. The molecule has 0 aromatic carbocycles. The molecule has 0 saturated carbocycles. The molecule has 0 heterocycles. The number of nitrogens with one attached hydrogen (secondary N) is 1. The van der Waals surface area contributed by atoms with E-state index in [4.69, 9.17) is 7.85 Å². The van der Waals surface area contributed by atoms with Crippen molar-refractivity contribution in [3.63, 3.8) is 0 Å². The smallest absolute Gasteiger partial charge is 0.322 e. The number of allylic oxidation sites excluding steroid dienone is 1. The van der Waals surface area contributed by atoms with Crippen molar-refractivity contribution in [1.82, 2.24) is 5.32 Å². The molecule has 4 heteroatoms. The maximum Gasteiger partial charge on any atom is 0.322 e. The Balaban J connectivity index is 4.46. The maximum atomic E-state index is 11.0. The van der Waals surface area contributed by atoms with E-state index >= 15 is 0 Å². The summed E-state index contributed by atoms with van der Waals surface area (Å²) >= 11 is 0. The minimum Gasteiger partial charge on any atom is -0.480 e. The van der Waals surface area contributed by atoms with Crippen molar-refractivity contribution in [2.24, 2.45) is 0 Å². The molecule has 1 amide bonds. The van der Waals surface area contributed by atoms with E-state index < -0.39 is 18.4 Å². The van der Waals surface area contributed by atoms with E-state index in [0.717, 1.165) is 0 Å². The van der Waals surface area contributed by atoms with Crippen molar-refractivity contribution in [3.8, 4) is 0 Å². The van der Waals surface area contributed by atoms with E-state index in [9.17, 15) is 9.59 Å². The monoisotopic (exact) mass is 159 g/mol. The molecule has 0 bridgehead atoms. The molecule has 0 radical (unpaired) electrons. The van der Waals surface area contributed by atoms with Crippen LogP contribution < -0.4 is 5.32 Å². The van der Waals surface area contributed by atoms with Crippen LogP contribution in [0.1, 0.15) is 16.6 Å². The molecule has 0 aromatic heterocycles. The summed E-state index contributed by atoms with van der Waals surface area (Å²) in [5, 5.41) is 10.1. The zero-order valence-corrected chi connectivity index (χ0v) is 6.34. The van der Waals surface area contributed by atoms with Gasteiger partial charge in [0.05, 0.1) is 2.74 Å². The number of carboxylic acid groups (broad SMARTS) is 1. The number of carbonyl (C=O) groups is 2. The van der Waals surface area contributed by atoms with Crippen molar-refractivity contribution in [1.29, 1.82) is 0 Å². The fourth-order valence-corrected chi connectivity index (χ4v) is 0.340. The maximum absolute atomic E-state index is 11.0. The van der Waals surface area contributed by atoms with Crippen LogP contribution in [0, 0.1) is 0 Å². The Morgan fingerprint density at radius 2 is 2.27 bits per heavy atom. The van der Waals surface area contributed by atoms with Crippen LogP contribution in [0.2, 0.25) is 0 Å². The third-order valence-corrected chi connectivity index (χ3v) is 1.07. The highest BCUT2D eigenvalue weighted by Gasteiger charge is 2.03. The van der Waals surface area contributed by atoms with Gasteiger partial charge in [0.25, 0.3) is 0 Å². The Morgan fingerprint density at radius 3 is 2.64 bits per heavy atom. The molecule has 0 aliphatic heterocycles. The molecule has 0 aliphatic carbocycles. The summed E-state index contributed by atoms with van der Waals surface area (Å²) in [6, 6.07) is 0. The Morgan fingerprint density at radius 1 is 1.73 bits per heavy atom. The second kappa shape index (κ2) is 4.49. The molecule has 4 nitrogen and oxygen atoms in total. The van der Waals surface area contributed by atoms with Gasteiger partial charge >= 0.3 is 5.97 Å². The van der Waals surface area contributed by atoms with Gasteiger partial charge in [-0.25, -0.2) is 0 Å². The van der Waals surface area contributed by atoms with Crippen molar-refractivity contribution in [2.45, 2.75) is 13.8 Å². The topological polar surface area (TPSA) is 66.4 Å². The van der Waals surface area contributed by atoms with E-state index in [0.29, 0.717) is 0 Å². The predicted molar refractivity (Wildman–Crippen MR) is 40.1 cm³/mol. The van der Waals surface area contributed by atoms with Gasteiger partial charge < -0.3 is 10.4 Å². The zero-order valence-electron chi connectivity index (χ0n) is 8.34. The van der Waals surface area contributed by atoms with Gasteiger partial charge in [0.15, 0.2) is 0 Å². The van der Waals surface area contributed by atoms with Crippen LogP contribution in [0.5, 0.6) is 0 Å². The summed E-state index contributed by atoms with van der Waals surface area (Å²) in [5.74, 6) is -2.44. The molecule has 0 fully saturated rings. The second-order valence-corrected chi connectivity index (χ2v) is 1.86. The molecular weight excluding hydrogens is 146 g/mol. The number of carbonyl (C=O) groups excluding carboxylic acids is 1. The summed E-state index contributed by atoms with van der Waals surface area (Å²) < 4.78 is 13.8. The van der Waals surface area contributed by atoms with Crippen LogP contribution in [0.15, 0.2) is 11.6 Å². The van der Waals surface area contributed by atoms with Gasteiger partial charge in [-0.3, -0.25) is 9.59 Å². The lowest BCUT2D eigenvalue weighted by molar-refractivity contribution is -0.137. The highest BCUT2D eigenvalue weighted by atomic mass is 16.4. The number of hydrogen-bond acceptors (Lipinski definition) is 2. The second-order valence-electron chi connectivity index (χ2n) is 1.86. The molecule has 0 aliphatic rings. The van der Waals surface area contributed by atoms with Crippen molar-refractivity contribution in [3.05, 3.63) is 11.6 Å². The van der Waals surface area contributed by atoms with Crippen LogP contribution in [-0.4, -0.2) is 23.5 Å². The fourth-order valence-electron chi connectivity index (χ4n) is 0.340. The lowest BCUT2D eigenvalue weighted by Gasteiger charge is -1.99. The molecule has 0 saturated heterocycles. The van der Waals surface area contributed by atoms with E-state index in [2.05, 4.69) is 0 Å². The Labute approximate surface area is 67.7 Å². The minimum atomic E-state index is -2.72. The number of amides is 1. The highest BCUT2D eigenvalue weighted by Crippen LogP contribution is 1.89. The predicted octanol–water partition coefficient (Wildman–Crippen LogP) is 0.153. The lowest BCUT2D eigenvalue weighted by atomic mass is 10.3. The molecule has 11 heavy (non-hydrogen) atoms. The highest BCUT2D eigenvalue weighted by molar-refractivity contribution is 5.94. The van der Waals surface area contributed by atoms with Crippen molar-refractivity contribution in [2.75, 3.05) is 6.50 Å². The number of carboxylic acids is 1. The molecule has 0 atom stereocenters. The van der Waals surface area contributed by atoms with Gasteiger partial charge in [-0.05, 0) is 13.8 Å². The van der Waals surface area contributed by atoms with Gasteiger partial charge in [0.1, 0.15) is 6.50 Å². The summed E-state index contributed by atoms with van der Waals surface area (Å²) in [6.07, 6.45) is 1.47. The van der Waals surface area contributed by atoms with E-state index in [-0.39, 0.29) is 5.57 Å². The lowest BCUT2D eigenvalue weighted by Crippen LogP contribution is -2.29. The molecule has 0 unspecified atom stereocenters. The van der Waals surface area contributed by atoms with Crippen LogP contribution in [0.4, 0.5) is 0 Å². The van der Waals surface area contributed by atoms with Gasteiger partial charge in [-0.2, -0.15) is 0 Å². The quantitative estimate of drug-likeness (QED) is 0.576. The third-order valence-electron chi connectivity index (χ3n) is 1.07. The molecule has 0 spiro atoms. The van der Waals surface area contributed by atoms with E-state index in [1.807, 2.05) is 0 Å². The van der Waals surface area contributed by atoms with Crippen LogP contribution in [0.25, 0.3) is 0 Å². The van der Waals surface area contributed by atoms with Gasteiger partial charge in [-0.1, -0.05) is 6.08 Å². The summed E-state index contributed by atoms with van der Waals surface area (Å²) in [6.45, 7) is 0.347. The van der Waals surface area contributed by atoms with Gasteiger partial charge in [0.2, 0.25) is 5.91 Å². The summed E-state index contributed by atoms with van der Waals surface area (Å²) in [5.41, 5.74) is 0.269. The normalized spacial score (nSPS) is 14.9. The SMILES string of the molecule is [2H]C([2H])(NC(=O)/C(C)=C/C)C(=O)O. The van der Waals surface area contributed by atoms with Crippen LogP contribution >= 0.6 is 0 Å². The van der Waals surface area contributed by atoms with Crippen LogP contribution in [-0.2, 0) is 9.59 Å². The molecule has 0 aromatic rings. The first kappa shape index (κ1) is 6.39. The number of hydrogen-bond donors (Lipinski definition) is 2. The van der Waals surface area contributed by atoms with E-state index in [1.54, 1.807) is 12.2 Å². The average molecular weight is 159 g/mol. The first-order valence-electron chi connectivity index (χ1n) is 4.00. The molecular formula is C7H11NO3. The van der Waals surface area contributed by atoms with Crippen LogP contribution in [0.3, 0.4) is 0 Å². The van der Waals surface area contributed by atoms with Gasteiger partial charge in [-0.15, -0.1) is 0 Å². The Hall–Kier alpha value is -1.32. The minimum absolute atomic E-state index is 0.269. The summed E-state index contributed by atoms with van der Waals surface area (Å²) in [4.78, 5) is 21.3. The molecule has 2 N–H and O–H groups in total. The third kappa shape index (κ3) is 4.13. The van der Waals surface area contributed by atoms with E-state index in [1.165, 1.54) is 13.0 Å². The molecule has 0 rings (SSSR count). The van der Waals surface area contributed by atoms with Crippen molar-refractivity contribution < 1.29 is 17.4 Å². The van der Waals surface area contributed by atoms with Gasteiger partial charge in [0, 0.05) is 5.57 Å². The zero-order chi connectivity index (χ0) is 10.6. The molecule has 62 valence electrons. The standard InChI is InChI=1S/C7H11NO3/c1-3-5(2)7(11)8-4-6(9)10/h3H,4H2,1-2H3,(H,8,11)(H,9,10)/b5-3+/i4D2. The summed E-state index contributed by atoms with van der Waals surface area (Å²) in [7, 11) is 0. The first-order chi connectivity index (χ1) is 5.81. The first-order valence-corrected chi connectivity index (χ1v) is 3.00. The average Bonchev–Trinajstić information content (AvgIpc) is 2.01. The Kier molecular flexibility index (Phi) is 2.61. The largest absolute Gasteiger partial charge is 0.480 e. The number of aliphatic carboxylic acids is 1. The Bertz CT molecular complexity index is 260.